The van der Waals surface area contributed by atoms with E-state index in [0.29, 0.717) is 12.1 Å². The van der Waals surface area contributed by atoms with Crippen molar-refractivity contribution in [1.82, 2.24) is 15.1 Å². The van der Waals surface area contributed by atoms with Crippen molar-refractivity contribution in [3.05, 3.63) is 0 Å². The van der Waals surface area contributed by atoms with Crippen molar-refractivity contribution < 1.29 is 4.79 Å². The molecule has 1 heterocycles. The van der Waals surface area contributed by atoms with Gasteiger partial charge in [0.05, 0.1) is 0 Å². The van der Waals surface area contributed by atoms with Gasteiger partial charge in [-0.25, -0.2) is 4.79 Å². The topological polar surface area (TPSA) is 35.6 Å². The molecule has 0 aromatic carbocycles. The zero-order valence-electron chi connectivity index (χ0n) is 14.1. The van der Waals surface area contributed by atoms with Gasteiger partial charge in [0.15, 0.2) is 0 Å². The molecule has 2 rings (SSSR count). The van der Waals surface area contributed by atoms with Gasteiger partial charge < -0.3 is 10.2 Å². The minimum atomic E-state index is 0.110. The van der Waals surface area contributed by atoms with E-state index in [2.05, 4.69) is 24.1 Å². The molecule has 0 bridgehead atoms. The van der Waals surface area contributed by atoms with E-state index in [1.165, 1.54) is 58.0 Å². The highest BCUT2D eigenvalue weighted by Crippen LogP contribution is 2.21. The normalized spacial score (nSPS) is 23.8. The van der Waals surface area contributed by atoms with E-state index in [1.807, 2.05) is 11.9 Å². The molecule has 4 heteroatoms. The quantitative estimate of drug-likeness (QED) is 0.865. The smallest absolute Gasteiger partial charge is 0.317 e. The van der Waals surface area contributed by atoms with Gasteiger partial charge in [-0.3, -0.25) is 4.90 Å². The first-order valence-electron chi connectivity index (χ1n) is 8.82. The average molecular weight is 295 g/mol. The second-order valence-corrected chi connectivity index (χ2v) is 7.16. The van der Waals surface area contributed by atoms with E-state index in [-0.39, 0.29) is 6.03 Å². The van der Waals surface area contributed by atoms with Crippen LogP contribution in [0.3, 0.4) is 0 Å². The molecule has 0 aromatic heterocycles. The Bertz CT molecular complexity index is 320. The van der Waals surface area contributed by atoms with Gasteiger partial charge in [-0.2, -0.15) is 0 Å². The lowest BCUT2D eigenvalue weighted by Gasteiger charge is -2.36. The molecule has 1 saturated heterocycles. The molecule has 0 spiro atoms. The second kappa shape index (κ2) is 8.02. The lowest BCUT2D eigenvalue weighted by atomic mass is 9.95. The highest BCUT2D eigenvalue weighted by Gasteiger charge is 2.24. The predicted molar refractivity (Wildman–Crippen MR) is 87.5 cm³/mol. The SMILES string of the molecule is CC1CCN(C(C)CNC(=O)N(C)C2CCCCC2)CC1. The summed E-state index contributed by atoms with van der Waals surface area (Å²) in [5, 5.41) is 3.13. The fourth-order valence-electron chi connectivity index (χ4n) is 3.59. The average Bonchev–Trinajstić information content (AvgIpc) is 2.53. The Labute approximate surface area is 130 Å². The van der Waals surface area contributed by atoms with Crippen LogP contribution in [0.4, 0.5) is 4.79 Å². The number of nitrogens with one attached hydrogen (secondary N) is 1. The van der Waals surface area contributed by atoms with E-state index in [4.69, 9.17) is 0 Å². The van der Waals surface area contributed by atoms with Crippen molar-refractivity contribution in [3.8, 4) is 0 Å². The zero-order chi connectivity index (χ0) is 15.2. The molecule has 122 valence electrons. The van der Waals surface area contributed by atoms with Gasteiger partial charge in [-0.05, 0) is 51.6 Å². The number of carbonyl (C=O) groups excluding carboxylic acids is 1. The molecule has 1 unspecified atom stereocenters. The van der Waals surface area contributed by atoms with Gasteiger partial charge in [0.1, 0.15) is 0 Å². The third kappa shape index (κ3) is 4.87. The molecular formula is C17H33N3O. The third-order valence-corrected chi connectivity index (χ3v) is 5.43. The number of hydrogen-bond donors (Lipinski definition) is 1. The maximum Gasteiger partial charge on any atom is 0.317 e. The number of nitrogens with zero attached hydrogens (tertiary/aromatic N) is 2. The molecular weight excluding hydrogens is 262 g/mol. The Balaban J connectivity index is 1.70. The molecule has 0 radical (unpaired) electrons. The highest BCUT2D eigenvalue weighted by atomic mass is 16.2. The van der Waals surface area contributed by atoms with Crippen LogP contribution in [-0.2, 0) is 0 Å². The van der Waals surface area contributed by atoms with Crippen molar-refractivity contribution in [3.63, 3.8) is 0 Å². The van der Waals surface area contributed by atoms with Crippen LogP contribution in [0.15, 0.2) is 0 Å². The minimum absolute atomic E-state index is 0.110. The molecule has 2 amide bonds. The summed E-state index contributed by atoms with van der Waals surface area (Å²) in [6.45, 7) is 7.69. The Kier molecular flexibility index (Phi) is 6.34. The van der Waals surface area contributed by atoms with Crippen LogP contribution < -0.4 is 5.32 Å². The second-order valence-electron chi connectivity index (χ2n) is 7.16. The monoisotopic (exact) mass is 295 g/mol. The van der Waals surface area contributed by atoms with Gasteiger partial charge in [0.2, 0.25) is 0 Å². The van der Waals surface area contributed by atoms with Crippen molar-refractivity contribution in [2.24, 2.45) is 5.92 Å². The van der Waals surface area contributed by atoms with Crippen LogP contribution in [0.25, 0.3) is 0 Å². The van der Waals surface area contributed by atoms with Crippen LogP contribution in [0, 0.1) is 5.92 Å². The van der Waals surface area contributed by atoms with Crippen LogP contribution >= 0.6 is 0 Å². The molecule has 0 aromatic rings. The van der Waals surface area contributed by atoms with Gasteiger partial charge in [-0.1, -0.05) is 26.2 Å². The lowest BCUT2D eigenvalue weighted by molar-refractivity contribution is 0.138. The first kappa shape index (κ1) is 16.6. The number of hydrogen-bond acceptors (Lipinski definition) is 2. The van der Waals surface area contributed by atoms with Gasteiger partial charge in [0, 0.05) is 25.7 Å². The van der Waals surface area contributed by atoms with Crippen molar-refractivity contribution in [2.75, 3.05) is 26.7 Å². The summed E-state index contributed by atoms with van der Waals surface area (Å²) >= 11 is 0. The van der Waals surface area contributed by atoms with Gasteiger partial charge >= 0.3 is 6.03 Å². The Hall–Kier alpha value is -0.770. The Morgan fingerprint density at radius 3 is 2.43 bits per heavy atom. The first-order chi connectivity index (χ1) is 10.1. The maximum atomic E-state index is 12.3. The molecule has 1 N–H and O–H groups in total. The molecule has 2 aliphatic rings. The number of amides is 2. The molecule has 4 nitrogen and oxygen atoms in total. The van der Waals surface area contributed by atoms with Gasteiger partial charge in [-0.15, -0.1) is 0 Å². The third-order valence-electron chi connectivity index (χ3n) is 5.43. The molecule has 1 atom stereocenters. The van der Waals surface area contributed by atoms with E-state index in [1.54, 1.807) is 0 Å². The minimum Gasteiger partial charge on any atom is -0.336 e. The number of urea groups is 1. The summed E-state index contributed by atoms with van der Waals surface area (Å²) < 4.78 is 0. The number of likely N-dealkylation sites (tertiary alicyclic amines) is 1. The van der Waals surface area contributed by atoms with Gasteiger partial charge in [0.25, 0.3) is 0 Å². The van der Waals surface area contributed by atoms with Crippen LogP contribution in [0.2, 0.25) is 0 Å². The van der Waals surface area contributed by atoms with E-state index < -0.39 is 0 Å². The summed E-state index contributed by atoms with van der Waals surface area (Å²) in [5.74, 6) is 0.862. The number of carbonyl (C=O) groups is 1. The standard InChI is InChI=1S/C17H33N3O/c1-14-9-11-20(12-10-14)15(2)13-18-17(21)19(3)16-7-5-4-6-8-16/h14-16H,4-13H2,1-3H3,(H,18,21). The first-order valence-corrected chi connectivity index (χ1v) is 8.82. The summed E-state index contributed by atoms with van der Waals surface area (Å²) in [5.41, 5.74) is 0. The van der Waals surface area contributed by atoms with E-state index >= 15 is 0 Å². The van der Waals surface area contributed by atoms with Crippen LogP contribution in [-0.4, -0.2) is 54.6 Å². The summed E-state index contributed by atoms with van der Waals surface area (Å²) in [7, 11) is 1.96. The largest absolute Gasteiger partial charge is 0.336 e. The molecule has 2 fully saturated rings. The number of rotatable bonds is 4. The van der Waals surface area contributed by atoms with Crippen LogP contribution in [0.5, 0.6) is 0 Å². The lowest BCUT2D eigenvalue weighted by Crippen LogP contribution is -2.50. The summed E-state index contributed by atoms with van der Waals surface area (Å²) in [6.07, 6.45) is 8.79. The maximum absolute atomic E-state index is 12.3. The summed E-state index contributed by atoms with van der Waals surface area (Å²) in [4.78, 5) is 16.7. The van der Waals surface area contributed by atoms with Crippen LogP contribution in [0.1, 0.15) is 58.8 Å². The molecule has 1 aliphatic carbocycles. The number of piperidine rings is 1. The predicted octanol–water partition coefficient (Wildman–Crippen LogP) is 3.08. The van der Waals surface area contributed by atoms with Crippen molar-refractivity contribution in [1.29, 1.82) is 0 Å². The Morgan fingerprint density at radius 1 is 1.19 bits per heavy atom. The van der Waals surface area contributed by atoms with Crippen molar-refractivity contribution >= 4 is 6.03 Å². The summed E-state index contributed by atoms with van der Waals surface area (Å²) in [6, 6.07) is 1.00. The fraction of sp³-hybridized carbons (Fsp3) is 0.941. The molecule has 21 heavy (non-hydrogen) atoms. The molecule has 1 aliphatic heterocycles. The van der Waals surface area contributed by atoms with E-state index in [9.17, 15) is 4.79 Å². The van der Waals surface area contributed by atoms with Crippen molar-refractivity contribution in [2.45, 2.75) is 70.9 Å². The Morgan fingerprint density at radius 2 is 1.81 bits per heavy atom. The fourth-order valence-corrected chi connectivity index (χ4v) is 3.59. The highest BCUT2D eigenvalue weighted by molar-refractivity contribution is 5.74. The molecule has 1 saturated carbocycles. The van der Waals surface area contributed by atoms with E-state index in [0.717, 1.165) is 12.5 Å². The zero-order valence-corrected chi connectivity index (χ0v) is 14.1.